The molecule has 1 aromatic rings. The molecule has 0 unspecified atom stereocenters. The van der Waals surface area contributed by atoms with Crippen LogP contribution in [0.5, 0.6) is 5.75 Å². The quantitative estimate of drug-likeness (QED) is 0.775. The minimum Gasteiger partial charge on any atom is -0.435 e. The average molecular weight is 313 g/mol. The molecule has 1 aromatic carbocycles. The highest BCUT2D eigenvalue weighted by Gasteiger charge is 2.49. The molecule has 1 fully saturated rings. The van der Waals surface area contributed by atoms with Gasteiger partial charge < -0.3 is 15.8 Å². The second kappa shape index (κ2) is 5.58. The lowest BCUT2D eigenvalue weighted by Crippen LogP contribution is -2.42. The van der Waals surface area contributed by atoms with Crippen LogP contribution in [0.4, 0.5) is 13.6 Å². The highest BCUT2D eigenvalue weighted by atomic mass is 19.3. The van der Waals surface area contributed by atoms with Crippen molar-refractivity contribution in [2.75, 3.05) is 6.54 Å². The molecule has 0 radical (unpaired) electrons. The molecule has 4 amide bonds. The van der Waals surface area contributed by atoms with Crippen LogP contribution in [-0.2, 0) is 15.1 Å². The molecule has 0 bridgehead atoms. The number of hydrogen-bond donors (Lipinski definition) is 2. The highest BCUT2D eigenvalue weighted by molar-refractivity contribution is 6.09. The molecular formula is C13H13F2N3O4. The second-order valence-electron chi connectivity index (χ2n) is 4.82. The van der Waals surface area contributed by atoms with E-state index in [0.29, 0.717) is 10.5 Å². The first-order valence-corrected chi connectivity index (χ1v) is 6.22. The zero-order valence-corrected chi connectivity index (χ0v) is 11.5. The number of halogens is 2. The lowest BCUT2D eigenvalue weighted by Gasteiger charge is -2.22. The van der Waals surface area contributed by atoms with Crippen LogP contribution < -0.4 is 15.8 Å². The highest BCUT2D eigenvalue weighted by Crippen LogP contribution is 2.30. The van der Waals surface area contributed by atoms with Gasteiger partial charge in [-0.15, -0.1) is 0 Å². The van der Waals surface area contributed by atoms with Crippen molar-refractivity contribution in [1.82, 2.24) is 10.2 Å². The summed E-state index contributed by atoms with van der Waals surface area (Å²) in [6.45, 7) is -2.05. The smallest absolute Gasteiger partial charge is 0.387 e. The predicted molar refractivity (Wildman–Crippen MR) is 69.9 cm³/mol. The van der Waals surface area contributed by atoms with Gasteiger partial charge in [-0.2, -0.15) is 8.78 Å². The number of ether oxygens (including phenoxy) is 1. The Morgan fingerprint density at radius 1 is 1.36 bits per heavy atom. The number of carbonyl (C=O) groups is 3. The monoisotopic (exact) mass is 313 g/mol. The number of nitrogens with zero attached hydrogens (tertiary/aromatic N) is 1. The van der Waals surface area contributed by atoms with E-state index in [1.807, 2.05) is 0 Å². The Kier molecular flexibility index (Phi) is 3.98. The Labute approximate surface area is 124 Å². The van der Waals surface area contributed by atoms with Gasteiger partial charge >= 0.3 is 12.6 Å². The fourth-order valence-electron chi connectivity index (χ4n) is 2.16. The number of nitrogens with two attached hydrogens (primary N) is 1. The third-order valence-electron chi connectivity index (χ3n) is 3.25. The summed E-state index contributed by atoms with van der Waals surface area (Å²) in [4.78, 5) is 35.7. The van der Waals surface area contributed by atoms with Gasteiger partial charge in [0.15, 0.2) is 0 Å². The number of urea groups is 1. The van der Waals surface area contributed by atoms with Gasteiger partial charge in [0, 0.05) is 0 Å². The molecule has 1 aliphatic heterocycles. The SMILES string of the molecule is C[C@]1(c2ccc(OC(F)F)cc2)NC(=O)N(CC(N)=O)C1=O. The number of carbonyl (C=O) groups excluding carboxylic acids is 3. The zero-order chi connectivity index (χ0) is 16.5. The summed E-state index contributed by atoms with van der Waals surface area (Å²) in [6, 6.07) is 4.51. The average Bonchev–Trinajstić information content (AvgIpc) is 2.63. The zero-order valence-electron chi connectivity index (χ0n) is 11.5. The number of imide groups is 1. The van der Waals surface area contributed by atoms with Crippen molar-refractivity contribution in [1.29, 1.82) is 0 Å². The van der Waals surface area contributed by atoms with Crippen LogP contribution in [0.15, 0.2) is 24.3 Å². The Hall–Kier alpha value is -2.71. The van der Waals surface area contributed by atoms with Crippen LogP contribution >= 0.6 is 0 Å². The maximum absolute atomic E-state index is 12.3. The molecule has 1 aliphatic rings. The maximum atomic E-state index is 12.3. The number of amides is 4. The van der Waals surface area contributed by atoms with Gasteiger partial charge in [0.1, 0.15) is 17.8 Å². The third-order valence-corrected chi connectivity index (χ3v) is 3.25. The summed E-state index contributed by atoms with van der Waals surface area (Å²) in [5, 5.41) is 2.45. The van der Waals surface area contributed by atoms with Crippen molar-refractivity contribution in [3.05, 3.63) is 29.8 Å². The first-order chi connectivity index (χ1) is 10.2. The Morgan fingerprint density at radius 2 is 1.95 bits per heavy atom. The van der Waals surface area contributed by atoms with Gasteiger partial charge in [-0.05, 0) is 24.6 Å². The van der Waals surface area contributed by atoms with Crippen molar-refractivity contribution in [3.63, 3.8) is 0 Å². The topological polar surface area (TPSA) is 102 Å². The molecule has 22 heavy (non-hydrogen) atoms. The first kappa shape index (κ1) is 15.7. The fourth-order valence-corrected chi connectivity index (χ4v) is 2.16. The number of alkyl halides is 2. The van der Waals surface area contributed by atoms with Gasteiger partial charge in [-0.3, -0.25) is 14.5 Å². The van der Waals surface area contributed by atoms with E-state index in [4.69, 9.17) is 5.73 Å². The van der Waals surface area contributed by atoms with E-state index < -0.39 is 36.5 Å². The second-order valence-corrected chi connectivity index (χ2v) is 4.82. The lowest BCUT2D eigenvalue weighted by molar-refractivity contribution is -0.134. The Morgan fingerprint density at radius 3 is 2.45 bits per heavy atom. The van der Waals surface area contributed by atoms with Crippen LogP contribution in [-0.4, -0.2) is 35.9 Å². The summed E-state index contributed by atoms with van der Waals surface area (Å²) < 4.78 is 28.4. The van der Waals surface area contributed by atoms with E-state index in [0.717, 1.165) is 0 Å². The van der Waals surface area contributed by atoms with Gasteiger partial charge in [0.25, 0.3) is 5.91 Å². The molecule has 118 valence electrons. The summed E-state index contributed by atoms with van der Waals surface area (Å²) in [5.41, 5.74) is 3.94. The van der Waals surface area contributed by atoms with Crippen LogP contribution in [0.1, 0.15) is 12.5 Å². The normalized spacial score (nSPS) is 21.2. The van der Waals surface area contributed by atoms with E-state index in [1.165, 1.54) is 31.2 Å². The molecule has 0 saturated carbocycles. The maximum Gasteiger partial charge on any atom is 0.387 e. The molecule has 0 aromatic heterocycles. The molecule has 7 nitrogen and oxygen atoms in total. The number of hydrogen-bond acceptors (Lipinski definition) is 4. The predicted octanol–water partition coefficient (Wildman–Crippen LogP) is 0.540. The molecular weight excluding hydrogens is 300 g/mol. The van der Waals surface area contributed by atoms with Crippen LogP contribution in [0.3, 0.4) is 0 Å². The first-order valence-electron chi connectivity index (χ1n) is 6.22. The minimum atomic E-state index is -2.96. The van der Waals surface area contributed by atoms with Gasteiger partial charge in [-0.25, -0.2) is 4.79 Å². The van der Waals surface area contributed by atoms with E-state index in [2.05, 4.69) is 10.1 Å². The van der Waals surface area contributed by atoms with Crippen LogP contribution in [0, 0.1) is 0 Å². The summed E-state index contributed by atoms with van der Waals surface area (Å²) >= 11 is 0. The standard InChI is InChI=1S/C13H13F2N3O4/c1-13(7-2-4-8(5-3-7)22-11(14)15)10(20)18(6-9(16)19)12(21)17-13/h2-5,11H,6H2,1H3,(H2,16,19)(H,17,21)/t13-/m1/s1. The molecule has 2 rings (SSSR count). The van der Waals surface area contributed by atoms with Crippen LogP contribution in [0.25, 0.3) is 0 Å². The number of nitrogens with one attached hydrogen (secondary N) is 1. The summed E-state index contributed by atoms with van der Waals surface area (Å²) in [5.74, 6) is -1.56. The van der Waals surface area contributed by atoms with Crippen molar-refractivity contribution < 1.29 is 27.9 Å². The third kappa shape index (κ3) is 2.83. The molecule has 1 heterocycles. The van der Waals surface area contributed by atoms with E-state index in [1.54, 1.807) is 0 Å². The molecule has 9 heteroatoms. The van der Waals surface area contributed by atoms with Crippen molar-refractivity contribution in [3.8, 4) is 5.75 Å². The summed E-state index contributed by atoms with van der Waals surface area (Å²) in [6.07, 6.45) is 0. The summed E-state index contributed by atoms with van der Waals surface area (Å²) in [7, 11) is 0. The van der Waals surface area contributed by atoms with E-state index in [9.17, 15) is 23.2 Å². The minimum absolute atomic E-state index is 0.0758. The van der Waals surface area contributed by atoms with Gasteiger partial charge in [-0.1, -0.05) is 12.1 Å². The van der Waals surface area contributed by atoms with E-state index in [-0.39, 0.29) is 5.75 Å². The lowest BCUT2D eigenvalue weighted by atomic mass is 9.92. The fraction of sp³-hybridized carbons (Fsp3) is 0.308. The van der Waals surface area contributed by atoms with Crippen molar-refractivity contribution >= 4 is 17.8 Å². The number of rotatable bonds is 5. The van der Waals surface area contributed by atoms with Crippen molar-refractivity contribution in [2.24, 2.45) is 5.73 Å². The van der Waals surface area contributed by atoms with Crippen LogP contribution in [0.2, 0.25) is 0 Å². The number of primary amides is 1. The van der Waals surface area contributed by atoms with Gasteiger partial charge in [0.05, 0.1) is 0 Å². The van der Waals surface area contributed by atoms with E-state index >= 15 is 0 Å². The molecule has 1 atom stereocenters. The molecule has 0 aliphatic carbocycles. The van der Waals surface area contributed by atoms with Gasteiger partial charge in [0.2, 0.25) is 5.91 Å². The Balaban J connectivity index is 2.25. The molecule has 0 spiro atoms. The largest absolute Gasteiger partial charge is 0.435 e. The Bertz CT molecular complexity index is 620. The van der Waals surface area contributed by atoms with Crippen molar-refractivity contribution in [2.45, 2.75) is 19.1 Å². The molecule has 1 saturated heterocycles. The molecule has 3 N–H and O–H groups in total. The number of benzene rings is 1.